The van der Waals surface area contributed by atoms with Crippen molar-refractivity contribution in [2.24, 2.45) is 11.8 Å². The van der Waals surface area contributed by atoms with Gasteiger partial charge in [0, 0.05) is 6.07 Å². The van der Waals surface area contributed by atoms with E-state index in [1.165, 1.54) is 0 Å². The Hall–Kier alpha value is -0.890. The van der Waals surface area contributed by atoms with Gasteiger partial charge in [-0.05, 0) is 36.8 Å². The highest BCUT2D eigenvalue weighted by atomic mass is 35.5. The molecule has 1 aromatic carbocycles. The van der Waals surface area contributed by atoms with E-state index in [4.69, 9.17) is 21.1 Å². The van der Waals surface area contributed by atoms with Gasteiger partial charge >= 0.3 is 0 Å². The van der Waals surface area contributed by atoms with Gasteiger partial charge in [-0.15, -0.1) is 0 Å². The lowest BCUT2D eigenvalue weighted by Gasteiger charge is -2.12. The van der Waals surface area contributed by atoms with Crippen molar-refractivity contribution in [1.29, 1.82) is 0 Å². The molecule has 108 valence electrons. The average molecular weight is 285 g/mol. The Bertz CT molecular complexity index is 375. The lowest BCUT2D eigenvalue weighted by atomic mass is 10.1. The summed E-state index contributed by atoms with van der Waals surface area (Å²) in [5.74, 6) is 2.83. The van der Waals surface area contributed by atoms with E-state index in [0.717, 1.165) is 30.9 Å². The fourth-order valence-corrected chi connectivity index (χ4v) is 1.73. The molecule has 0 atom stereocenters. The maximum atomic E-state index is 6.18. The topological polar surface area (TPSA) is 18.5 Å². The van der Waals surface area contributed by atoms with Crippen LogP contribution in [0, 0.1) is 11.8 Å². The Labute approximate surface area is 122 Å². The van der Waals surface area contributed by atoms with E-state index >= 15 is 0 Å². The number of benzene rings is 1. The maximum Gasteiger partial charge on any atom is 0.138 e. The summed E-state index contributed by atoms with van der Waals surface area (Å²) in [6, 6.07) is 5.62. The molecule has 3 heteroatoms. The summed E-state index contributed by atoms with van der Waals surface area (Å²) in [5, 5.41) is 0.616. The molecule has 0 amide bonds. The van der Waals surface area contributed by atoms with E-state index in [0.29, 0.717) is 23.5 Å². The number of hydrogen-bond acceptors (Lipinski definition) is 2. The summed E-state index contributed by atoms with van der Waals surface area (Å²) in [6.45, 7) is 10.1. The molecule has 0 aliphatic heterocycles. The van der Waals surface area contributed by atoms with Crippen LogP contribution in [0.2, 0.25) is 5.02 Å². The predicted octanol–water partition coefficient (Wildman–Crippen LogP) is 5.19. The number of hydrogen-bond donors (Lipinski definition) is 0. The van der Waals surface area contributed by atoms with Crippen LogP contribution in [-0.2, 0) is 0 Å². The summed E-state index contributed by atoms with van der Waals surface area (Å²) in [6.07, 6.45) is 2.08. The van der Waals surface area contributed by atoms with Gasteiger partial charge in [0.05, 0.1) is 18.2 Å². The van der Waals surface area contributed by atoms with Crippen LogP contribution in [-0.4, -0.2) is 13.2 Å². The van der Waals surface area contributed by atoms with Gasteiger partial charge in [0.15, 0.2) is 0 Å². The molecule has 0 aliphatic rings. The molecule has 0 bridgehead atoms. The molecule has 0 unspecified atom stereocenters. The lowest BCUT2D eigenvalue weighted by Crippen LogP contribution is -2.03. The highest BCUT2D eigenvalue weighted by Gasteiger charge is 2.05. The minimum atomic E-state index is 0.616. The van der Waals surface area contributed by atoms with Crippen molar-refractivity contribution in [2.75, 3.05) is 13.2 Å². The largest absolute Gasteiger partial charge is 0.494 e. The summed E-state index contributed by atoms with van der Waals surface area (Å²) < 4.78 is 11.3. The molecule has 1 rings (SSSR count). The summed E-state index contributed by atoms with van der Waals surface area (Å²) in [5.41, 5.74) is 0. The van der Waals surface area contributed by atoms with Crippen molar-refractivity contribution < 1.29 is 9.47 Å². The third-order valence-electron chi connectivity index (χ3n) is 2.82. The second-order valence-corrected chi connectivity index (χ2v) is 6.06. The fraction of sp³-hybridized carbons (Fsp3) is 0.625. The van der Waals surface area contributed by atoms with Crippen LogP contribution in [0.5, 0.6) is 11.5 Å². The molecule has 0 aromatic heterocycles. The molecule has 0 saturated carbocycles. The first kappa shape index (κ1) is 16.2. The molecule has 0 radical (unpaired) electrons. The van der Waals surface area contributed by atoms with E-state index in [2.05, 4.69) is 27.7 Å². The quantitative estimate of drug-likeness (QED) is 0.654. The monoisotopic (exact) mass is 284 g/mol. The van der Waals surface area contributed by atoms with E-state index in [-0.39, 0.29) is 0 Å². The Morgan fingerprint density at radius 3 is 2.05 bits per heavy atom. The van der Waals surface area contributed by atoms with Gasteiger partial charge in [0.2, 0.25) is 0 Å². The number of rotatable bonds is 8. The summed E-state index contributed by atoms with van der Waals surface area (Å²) in [7, 11) is 0. The average Bonchev–Trinajstić information content (AvgIpc) is 2.31. The van der Waals surface area contributed by atoms with Gasteiger partial charge in [-0.25, -0.2) is 0 Å². The molecule has 0 fully saturated rings. The van der Waals surface area contributed by atoms with Crippen LogP contribution in [0.15, 0.2) is 18.2 Å². The number of halogens is 1. The fourth-order valence-electron chi connectivity index (χ4n) is 1.51. The van der Waals surface area contributed by atoms with E-state index in [1.54, 1.807) is 0 Å². The Kier molecular flexibility index (Phi) is 7.07. The molecule has 1 aromatic rings. The van der Waals surface area contributed by atoms with Crippen LogP contribution in [0.25, 0.3) is 0 Å². The normalized spacial score (nSPS) is 11.1. The zero-order valence-electron chi connectivity index (χ0n) is 12.4. The molecule has 0 heterocycles. The van der Waals surface area contributed by atoms with Gasteiger partial charge in [-0.1, -0.05) is 39.3 Å². The standard InChI is InChI=1S/C16H25ClO2/c1-12(2)7-9-18-14-5-6-16(15(17)11-14)19-10-8-13(3)4/h5-6,11-13H,7-10H2,1-4H3. The van der Waals surface area contributed by atoms with Gasteiger partial charge in [-0.3, -0.25) is 0 Å². The van der Waals surface area contributed by atoms with Crippen molar-refractivity contribution in [3.05, 3.63) is 23.2 Å². The first-order valence-electron chi connectivity index (χ1n) is 7.04. The van der Waals surface area contributed by atoms with Crippen LogP contribution >= 0.6 is 11.6 Å². The molecule has 0 N–H and O–H groups in total. The molecule has 2 nitrogen and oxygen atoms in total. The SMILES string of the molecule is CC(C)CCOc1ccc(OCCC(C)C)c(Cl)c1. The second kappa shape index (κ2) is 8.31. The van der Waals surface area contributed by atoms with Gasteiger partial charge < -0.3 is 9.47 Å². The molecule has 19 heavy (non-hydrogen) atoms. The van der Waals surface area contributed by atoms with Gasteiger partial charge in [-0.2, -0.15) is 0 Å². The molecule has 0 saturated heterocycles. The Balaban J connectivity index is 2.45. The first-order valence-corrected chi connectivity index (χ1v) is 7.42. The van der Waals surface area contributed by atoms with Crippen molar-refractivity contribution in [1.82, 2.24) is 0 Å². The first-order chi connectivity index (χ1) is 8.99. The van der Waals surface area contributed by atoms with E-state index < -0.39 is 0 Å². The van der Waals surface area contributed by atoms with Gasteiger partial charge in [0.25, 0.3) is 0 Å². The molecule has 0 spiro atoms. The maximum absolute atomic E-state index is 6.18. The zero-order valence-corrected chi connectivity index (χ0v) is 13.2. The number of ether oxygens (including phenoxy) is 2. The van der Waals surface area contributed by atoms with Crippen LogP contribution in [0.4, 0.5) is 0 Å². The minimum Gasteiger partial charge on any atom is -0.494 e. The third-order valence-corrected chi connectivity index (χ3v) is 3.12. The lowest BCUT2D eigenvalue weighted by molar-refractivity contribution is 0.282. The zero-order chi connectivity index (χ0) is 14.3. The summed E-state index contributed by atoms with van der Waals surface area (Å²) >= 11 is 6.18. The van der Waals surface area contributed by atoms with E-state index in [9.17, 15) is 0 Å². The molecular weight excluding hydrogens is 260 g/mol. The highest BCUT2D eigenvalue weighted by Crippen LogP contribution is 2.29. The van der Waals surface area contributed by atoms with Crippen molar-refractivity contribution in [3.63, 3.8) is 0 Å². The van der Waals surface area contributed by atoms with Crippen molar-refractivity contribution >= 4 is 11.6 Å². The summed E-state index contributed by atoms with van der Waals surface area (Å²) in [4.78, 5) is 0. The van der Waals surface area contributed by atoms with Crippen LogP contribution in [0.1, 0.15) is 40.5 Å². The van der Waals surface area contributed by atoms with Gasteiger partial charge in [0.1, 0.15) is 11.5 Å². The Morgan fingerprint density at radius 2 is 1.53 bits per heavy atom. The smallest absolute Gasteiger partial charge is 0.138 e. The Morgan fingerprint density at radius 1 is 0.947 bits per heavy atom. The third kappa shape index (κ3) is 6.72. The molecular formula is C16H25ClO2. The second-order valence-electron chi connectivity index (χ2n) is 5.65. The van der Waals surface area contributed by atoms with Crippen molar-refractivity contribution in [3.8, 4) is 11.5 Å². The highest BCUT2D eigenvalue weighted by molar-refractivity contribution is 6.32. The van der Waals surface area contributed by atoms with Crippen LogP contribution in [0.3, 0.4) is 0 Å². The van der Waals surface area contributed by atoms with Crippen LogP contribution < -0.4 is 9.47 Å². The minimum absolute atomic E-state index is 0.616. The predicted molar refractivity (Wildman–Crippen MR) is 81.4 cm³/mol. The molecule has 0 aliphatic carbocycles. The van der Waals surface area contributed by atoms with Crippen molar-refractivity contribution in [2.45, 2.75) is 40.5 Å². The van der Waals surface area contributed by atoms with E-state index in [1.807, 2.05) is 18.2 Å².